The molecule has 11 heteroatoms. The number of carbonyl (C=O) groups is 1. The van der Waals surface area contributed by atoms with Crippen molar-refractivity contribution >= 4 is 17.4 Å². The number of hydrogen-bond donors (Lipinski definition) is 2. The Bertz CT molecular complexity index is 1460. The van der Waals surface area contributed by atoms with Crippen molar-refractivity contribution in [3.63, 3.8) is 0 Å². The number of fused-ring (bicyclic) bond motifs is 2. The summed E-state index contributed by atoms with van der Waals surface area (Å²) in [5.41, 5.74) is 8.09. The summed E-state index contributed by atoms with van der Waals surface area (Å²) in [5.74, 6) is 0.503. The number of ether oxygens (including phenoxy) is 1. The lowest BCUT2D eigenvalue weighted by atomic mass is 9.77. The van der Waals surface area contributed by atoms with Gasteiger partial charge in [0.05, 0.1) is 34.6 Å². The summed E-state index contributed by atoms with van der Waals surface area (Å²) in [6.07, 6.45) is -1.85. The van der Waals surface area contributed by atoms with Gasteiger partial charge in [-0.1, -0.05) is 12.1 Å². The number of aromatic nitrogens is 1. The first-order valence-electron chi connectivity index (χ1n) is 13.1. The van der Waals surface area contributed by atoms with Gasteiger partial charge in [-0.2, -0.15) is 18.4 Å². The molecule has 2 amide bonds. The number of rotatable bonds is 6. The summed E-state index contributed by atoms with van der Waals surface area (Å²) < 4.78 is 45.3. The van der Waals surface area contributed by atoms with Crippen LogP contribution >= 0.6 is 0 Å². The molecule has 3 aromatic rings. The zero-order chi connectivity index (χ0) is 28.5. The number of hydrogen-bond acceptors (Lipinski definition) is 6. The van der Waals surface area contributed by atoms with E-state index in [1.165, 1.54) is 6.07 Å². The third-order valence-electron chi connectivity index (χ3n) is 7.51. The molecule has 0 radical (unpaired) electrons. The number of pyridine rings is 1. The van der Waals surface area contributed by atoms with E-state index in [-0.39, 0.29) is 18.1 Å². The van der Waals surface area contributed by atoms with E-state index in [0.29, 0.717) is 50.7 Å². The summed E-state index contributed by atoms with van der Waals surface area (Å²) >= 11 is 0. The number of halogens is 3. The third kappa shape index (κ3) is 4.91. The van der Waals surface area contributed by atoms with Crippen molar-refractivity contribution in [3.05, 3.63) is 71.4 Å². The summed E-state index contributed by atoms with van der Waals surface area (Å²) in [6, 6.07) is 14.6. The summed E-state index contributed by atoms with van der Waals surface area (Å²) in [5, 5.41) is 12.8. The van der Waals surface area contributed by atoms with Gasteiger partial charge in [0, 0.05) is 43.5 Å². The average Bonchev–Trinajstić information content (AvgIpc) is 2.95. The zero-order valence-corrected chi connectivity index (χ0v) is 22.0. The van der Waals surface area contributed by atoms with E-state index in [0.717, 1.165) is 34.5 Å². The van der Waals surface area contributed by atoms with Gasteiger partial charge in [-0.3, -0.25) is 4.90 Å². The van der Waals surface area contributed by atoms with E-state index in [4.69, 9.17) is 10.5 Å². The van der Waals surface area contributed by atoms with Gasteiger partial charge < -0.3 is 20.7 Å². The maximum atomic E-state index is 13.4. The van der Waals surface area contributed by atoms with Crippen molar-refractivity contribution in [3.8, 4) is 23.1 Å². The molecule has 3 N–H and O–H groups in total. The quantitative estimate of drug-likeness (QED) is 0.446. The van der Waals surface area contributed by atoms with Gasteiger partial charge in [-0.25, -0.2) is 9.78 Å². The van der Waals surface area contributed by atoms with Crippen molar-refractivity contribution in [2.24, 2.45) is 5.73 Å². The van der Waals surface area contributed by atoms with E-state index in [9.17, 15) is 23.2 Å². The minimum absolute atomic E-state index is 0.0285. The molecular formula is C29H29F3N6O2. The van der Waals surface area contributed by atoms with Gasteiger partial charge in [0.15, 0.2) is 0 Å². The van der Waals surface area contributed by atoms with Gasteiger partial charge in [-0.05, 0) is 61.7 Å². The predicted octanol–water partition coefficient (Wildman–Crippen LogP) is 5.02. The van der Waals surface area contributed by atoms with Gasteiger partial charge in [-0.15, -0.1) is 0 Å². The number of nitrogens with one attached hydrogen (secondary N) is 1. The fraction of sp³-hybridized carbons (Fsp3) is 0.345. The van der Waals surface area contributed by atoms with E-state index in [1.807, 2.05) is 48.2 Å². The highest BCUT2D eigenvalue weighted by molar-refractivity contribution is 5.97. The maximum absolute atomic E-state index is 13.4. The molecule has 0 saturated carbocycles. The third-order valence-corrected chi connectivity index (χ3v) is 7.51. The number of carbonyl (C=O) groups excluding carboxylic acids is 1. The minimum atomic E-state index is -4.53. The van der Waals surface area contributed by atoms with Gasteiger partial charge in [0.2, 0.25) is 5.88 Å². The maximum Gasteiger partial charge on any atom is 0.416 e. The lowest BCUT2D eigenvalue weighted by molar-refractivity contribution is -0.137. The number of nitriles is 1. The van der Waals surface area contributed by atoms with Crippen molar-refractivity contribution in [1.29, 1.82) is 5.26 Å². The van der Waals surface area contributed by atoms with Crippen LogP contribution in [0.2, 0.25) is 0 Å². The van der Waals surface area contributed by atoms with Crippen LogP contribution in [-0.4, -0.2) is 43.8 Å². The van der Waals surface area contributed by atoms with Gasteiger partial charge in [0.25, 0.3) is 0 Å². The first kappa shape index (κ1) is 27.3. The van der Waals surface area contributed by atoms with Crippen molar-refractivity contribution < 1.29 is 22.7 Å². The molecule has 1 spiro atoms. The normalized spacial score (nSPS) is 16.4. The van der Waals surface area contributed by atoms with Crippen LogP contribution in [0.25, 0.3) is 11.1 Å². The molecule has 0 atom stereocenters. The van der Waals surface area contributed by atoms with E-state index in [2.05, 4.69) is 10.3 Å². The van der Waals surface area contributed by atoms with Crippen LogP contribution < -0.4 is 25.6 Å². The first-order chi connectivity index (χ1) is 19.2. The zero-order valence-electron chi connectivity index (χ0n) is 22.0. The van der Waals surface area contributed by atoms with Crippen molar-refractivity contribution in [2.75, 3.05) is 42.6 Å². The highest BCUT2D eigenvalue weighted by Gasteiger charge is 2.45. The molecule has 5 rings (SSSR count). The van der Waals surface area contributed by atoms with Crippen LogP contribution in [0.1, 0.15) is 36.5 Å². The number of anilines is 2. The van der Waals surface area contributed by atoms with E-state index >= 15 is 0 Å². The molecule has 1 saturated heterocycles. The molecule has 2 aliphatic heterocycles. The Balaban J connectivity index is 1.49. The Morgan fingerprint density at radius 3 is 2.60 bits per heavy atom. The second-order valence-corrected chi connectivity index (χ2v) is 9.80. The standard InChI is InChI=1S/C29H29F3N6O2/c1-2-40-26-22(4-3-12-35-26)19-5-7-23-25(17-19)38(15-11-33)27(39)36-28(23)9-13-37(14-10-28)24-8-6-21(29(30,31)32)16-20(24)18-34/h3-8,12,16-17H,2,9-11,13-15,33H2,1H3,(H,36,39). The van der Waals surface area contributed by atoms with Gasteiger partial charge >= 0.3 is 12.2 Å². The average molecular weight is 551 g/mol. The molecule has 2 aliphatic rings. The first-order valence-corrected chi connectivity index (χ1v) is 13.1. The number of nitrogens with two attached hydrogens (primary N) is 1. The number of urea groups is 1. The molecule has 208 valence electrons. The number of piperidine rings is 1. The Morgan fingerprint density at radius 2 is 1.93 bits per heavy atom. The number of amides is 2. The smallest absolute Gasteiger partial charge is 0.416 e. The number of benzene rings is 2. The summed E-state index contributed by atoms with van der Waals surface area (Å²) in [7, 11) is 0. The predicted molar refractivity (Wildman–Crippen MR) is 145 cm³/mol. The highest BCUT2D eigenvalue weighted by Crippen LogP contribution is 2.45. The Morgan fingerprint density at radius 1 is 1.15 bits per heavy atom. The van der Waals surface area contributed by atoms with Crippen LogP contribution in [0, 0.1) is 11.3 Å². The fourth-order valence-corrected chi connectivity index (χ4v) is 5.59. The molecule has 0 bridgehead atoms. The minimum Gasteiger partial charge on any atom is -0.478 e. The van der Waals surface area contributed by atoms with Crippen LogP contribution in [0.3, 0.4) is 0 Å². The van der Waals surface area contributed by atoms with Crippen LogP contribution in [0.15, 0.2) is 54.7 Å². The Hall–Kier alpha value is -4.30. The molecule has 8 nitrogen and oxygen atoms in total. The number of alkyl halides is 3. The molecule has 40 heavy (non-hydrogen) atoms. The molecule has 2 aromatic carbocycles. The SMILES string of the molecule is CCOc1ncccc1-c1ccc2c(c1)N(CCN)C(=O)NC21CCN(c2ccc(C(F)(F)F)cc2C#N)CC1. The molecule has 1 aromatic heterocycles. The highest BCUT2D eigenvalue weighted by atomic mass is 19.4. The second kappa shape index (κ2) is 10.7. The topological polar surface area (TPSA) is 108 Å². The molecule has 0 aliphatic carbocycles. The van der Waals surface area contributed by atoms with E-state index in [1.54, 1.807) is 11.1 Å². The second-order valence-electron chi connectivity index (χ2n) is 9.80. The molecular weight excluding hydrogens is 521 g/mol. The van der Waals surface area contributed by atoms with Crippen LogP contribution in [0.4, 0.5) is 29.3 Å². The van der Waals surface area contributed by atoms with Crippen LogP contribution in [0.5, 0.6) is 5.88 Å². The lowest BCUT2D eigenvalue weighted by Gasteiger charge is -2.48. The van der Waals surface area contributed by atoms with Crippen molar-refractivity contribution in [2.45, 2.75) is 31.5 Å². The monoisotopic (exact) mass is 550 g/mol. The van der Waals surface area contributed by atoms with Gasteiger partial charge in [0.1, 0.15) is 6.07 Å². The molecule has 3 heterocycles. The molecule has 0 unspecified atom stereocenters. The van der Waals surface area contributed by atoms with Crippen LogP contribution in [-0.2, 0) is 11.7 Å². The molecule has 1 fully saturated rings. The summed E-state index contributed by atoms with van der Waals surface area (Å²) in [4.78, 5) is 21.3. The Kier molecular flexibility index (Phi) is 7.29. The van der Waals surface area contributed by atoms with E-state index < -0.39 is 17.3 Å². The number of nitrogens with zero attached hydrogens (tertiary/aromatic N) is 4. The summed E-state index contributed by atoms with van der Waals surface area (Å²) in [6.45, 7) is 3.83. The fourth-order valence-electron chi connectivity index (χ4n) is 5.59. The van der Waals surface area contributed by atoms with Crippen molar-refractivity contribution in [1.82, 2.24) is 10.3 Å². The largest absolute Gasteiger partial charge is 0.478 e. The Labute approximate surface area is 230 Å². The lowest BCUT2D eigenvalue weighted by Crippen LogP contribution is -2.60.